The second-order valence-corrected chi connectivity index (χ2v) is 3.11. The molecular formula is C9H17NO4. The van der Waals surface area contributed by atoms with Crippen molar-refractivity contribution in [2.75, 3.05) is 13.7 Å². The van der Waals surface area contributed by atoms with Crippen molar-refractivity contribution in [1.29, 1.82) is 0 Å². The van der Waals surface area contributed by atoms with Gasteiger partial charge in [0.2, 0.25) is 5.91 Å². The summed E-state index contributed by atoms with van der Waals surface area (Å²) in [5, 5.41) is 10.9. The maximum atomic E-state index is 11.2. The fourth-order valence-corrected chi connectivity index (χ4v) is 1.02. The van der Waals surface area contributed by atoms with Gasteiger partial charge in [-0.3, -0.25) is 4.79 Å². The van der Waals surface area contributed by atoms with E-state index in [2.05, 4.69) is 10.1 Å². The molecule has 0 aliphatic carbocycles. The zero-order valence-electron chi connectivity index (χ0n) is 8.74. The van der Waals surface area contributed by atoms with E-state index in [4.69, 9.17) is 5.11 Å². The van der Waals surface area contributed by atoms with Crippen molar-refractivity contribution in [3.05, 3.63) is 0 Å². The van der Waals surface area contributed by atoms with Gasteiger partial charge in [0.15, 0.2) is 0 Å². The molecule has 0 saturated heterocycles. The van der Waals surface area contributed by atoms with E-state index in [0.717, 1.165) is 6.42 Å². The van der Waals surface area contributed by atoms with Crippen molar-refractivity contribution >= 4 is 11.9 Å². The normalized spacial score (nSPS) is 14.3. The number of hydrogen-bond donors (Lipinski definition) is 2. The molecular weight excluding hydrogens is 186 g/mol. The first-order chi connectivity index (χ1) is 6.56. The van der Waals surface area contributed by atoms with Crippen molar-refractivity contribution in [3.63, 3.8) is 0 Å². The van der Waals surface area contributed by atoms with Gasteiger partial charge < -0.3 is 15.2 Å². The number of rotatable bonds is 5. The number of carbonyl (C=O) groups excluding carboxylic acids is 2. The van der Waals surface area contributed by atoms with Crippen LogP contribution in [0.5, 0.6) is 0 Å². The molecule has 2 N–H and O–H groups in total. The first-order valence-electron chi connectivity index (χ1n) is 4.54. The Hall–Kier alpha value is -1.10. The first-order valence-corrected chi connectivity index (χ1v) is 4.54. The van der Waals surface area contributed by atoms with Crippen LogP contribution in [-0.4, -0.2) is 36.7 Å². The molecule has 0 saturated carbocycles. The van der Waals surface area contributed by atoms with Gasteiger partial charge in [-0.1, -0.05) is 20.3 Å². The number of aliphatic hydroxyl groups excluding tert-OH is 1. The molecule has 0 spiro atoms. The Morgan fingerprint density at radius 2 is 2.07 bits per heavy atom. The predicted octanol–water partition coefficient (Wildman–Crippen LogP) is -0.317. The summed E-state index contributed by atoms with van der Waals surface area (Å²) in [6.45, 7) is 3.12. The van der Waals surface area contributed by atoms with E-state index < -0.39 is 24.5 Å². The molecule has 0 radical (unpaired) electrons. The molecule has 2 atom stereocenters. The number of aliphatic hydroxyl groups is 1. The lowest BCUT2D eigenvalue weighted by atomic mass is 9.99. The van der Waals surface area contributed by atoms with Crippen LogP contribution in [0.15, 0.2) is 0 Å². The van der Waals surface area contributed by atoms with Crippen LogP contribution in [0.4, 0.5) is 0 Å². The van der Waals surface area contributed by atoms with Crippen molar-refractivity contribution in [2.45, 2.75) is 26.3 Å². The van der Waals surface area contributed by atoms with E-state index in [1.165, 1.54) is 7.11 Å². The minimum absolute atomic E-state index is 0.0158. The second-order valence-electron chi connectivity index (χ2n) is 3.11. The van der Waals surface area contributed by atoms with E-state index in [1.54, 1.807) is 0 Å². The molecule has 5 nitrogen and oxygen atoms in total. The lowest BCUT2D eigenvalue weighted by Gasteiger charge is -2.21. The maximum Gasteiger partial charge on any atom is 0.328 e. The summed E-state index contributed by atoms with van der Waals surface area (Å²) in [6.07, 6.45) is 0.742. The Kier molecular flexibility index (Phi) is 5.87. The van der Waals surface area contributed by atoms with Crippen LogP contribution >= 0.6 is 0 Å². The first kappa shape index (κ1) is 12.9. The fraction of sp³-hybridized carbons (Fsp3) is 0.778. The largest absolute Gasteiger partial charge is 0.467 e. The van der Waals surface area contributed by atoms with Crippen molar-refractivity contribution in [1.82, 2.24) is 5.32 Å². The standard InChI is InChI=1S/C9H17NO4/c1-4-6(2)8(9(13)14-3)10-7(12)5-11/h6,8,11H,4-5H2,1-3H3,(H,10,12)/t6-,8?/m0/s1. The summed E-state index contributed by atoms with van der Waals surface area (Å²) >= 11 is 0. The summed E-state index contributed by atoms with van der Waals surface area (Å²) in [5.41, 5.74) is 0. The van der Waals surface area contributed by atoms with Crippen molar-refractivity contribution < 1.29 is 19.4 Å². The van der Waals surface area contributed by atoms with Crippen molar-refractivity contribution in [2.24, 2.45) is 5.92 Å². The summed E-state index contributed by atoms with van der Waals surface area (Å²) in [6, 6.07) is -0.676. The molecule has 5 heteroatoms. The van der Waals surface area contributed by atoms with E-state index in [-0.39, 0.29) is 5.92 Å². The fourth-order valence-electron chi connectivity index (χ4n) is 1.02. The third-order valence-corrected chi connectivity index (χ3v) is 2.13. The Balaban J connectivity index is 4.39. The van der Waals surface area contributed by atoms with Crippen LogP contribution in [0.25, 0.3) is 0 Å². The minimum Gasteiger partial charge on any atom is -0.467 e. The Morgan fingerprint density at radius 3 is 2.43 bits per heavy atom. The van der Waals surface area contributed by atoms with Crippen LogP contribution in [0.2, 0.25) is 0 Å². The molecule has 1 amide bonds. The zero-order chi connectivity index (χ0) is 11.1. The van der Waals surface area contributed by atoms with Gasteiger partial charge in [0, 0.05) is 0 Å². The monoisotopic (exact) mass is 203 g/mol. The van der Waals surface area contributed by atoms with Crippen molar-refractivity contribution in [3.8, 4) is 0 Å². The second kappa shape index (κ2) is 6.37. The van der Waals surface area contributed by atoms with Gasteiger partial charge in [0.05, 0.1) is 7.11 Å². The molecule has 1 unspecified atom stereocenters. The molecule has 0 rings (SSSR count). The Bertz CT molecular complexity index is 205. The Labute approximate surface area is 83.4 Å². The average Bonchev–Trinajstić information content (AvgIpc) is 2.23. The molecule has 0 bridgehead atoms. The zero-order valence-corrected chi connectivity index (χ0v) is 8.74. The molecule has 0 aromatic carbocycles. The van der Waals surface area contributed by atoms with Gasteiger partial charge in [-0.25, -0.2) is 4.79 Å². The highest BCUT2D eigenvalue weighted by atomic mass is 16.5. The van der Waals surface area contributed by atoms with Crippen LogP contribution in [0, 0.1) is 5.92 Å². The number of nitrogens with one attached hydrogen (secondary N) is 1. The third kappa shape index (κ3) is 3.74. The minimum atomic E-state index is -0.676. The van der Waals surface area contributed by atoms with Gasteiger partial charge in [-0.05, 0) is 5.92 Å². The molecule has 0 aromatic rings. The van der Waals surface area contributed by atoms with Gasteiger partial charge in [-0.15, -0.1) is 0 Å². The smallest absolute Gasteiger partial charge is 0.328 e. The topological polar surface area (TPSA) is 75.6 Å². The summed E-state index contributed by atoms with van der Waals surface area (Å²) in [5.74, 6) is -1.07. The highest BCUT2D eigenvalue weighted by Crippen LogP contribution is 2.08. The highest BCUT2D eigenvalue weighted by molar-refractivity contribution is 5.85. The molecule has 0 aromatic heterocycles. The summed E-state index contributed by atoms with van der Waals surface area (Å²) in [7, 11) is 1.27. The van der Waals surface area contributed by atoms with E-state index in [1.807, 2.05) is 13.8 Å². The average molecular weight is 203 g/mol. The molecule has 82 valence electrons. The molecule has 14 heavy (non-hydrogen) atoms. The molecule has 0 aliphatic heterocycles. The van der Waals surface area contributed by atoms with Gasteiger partial charge in [-0.2, -0.15) is 0 Å². The van der Waals surface area contributed by atoms with Gasteiger partial charge in [0.25, 0.3) is 0 Å². The summed E-state index contributed by atoms with van der Waals surface area (Å²) in [4.78, 5) is 22.1. The number of methoxy groups -OCH3 is 1. The van der Waals surface area contributed by atoms with E-state index in [9.17, 15) is 9.59 Å². The van der Waals surface area contributed by atoms with Crippen LogP contribution in [0.1, 0.15) is 20.3 Å². The van der Waals surface area contributed by atoms with Crippen LogP contribution in [-0.2, 0) is 14.3 Å². The highest BCUT2D eigenvalue weighted by Gasteiger charge is 2.26. The number of amides is 1. The summed E-state index contributed by atoms with van der Waals surface area (Å²) < 4.78 is 4.55. The molecule has 0 fully saturated rings. The number of esters is 1. The van der Waals surface area contributed by atoms with Gasteiger partial charge >= 0.3 is 5.97 Å². The number of carbonyl (C=O) groups is 2. The quantitative estimate of drug-likeness (QED) is 0.601. The lowest BCUT2D eigenvalue weighted by Crippen LogP contribution is -2.46. The molecule has 0 aliphatic rings. The third-order valence-electron chi connectivity index (χ3n) is 2.13. The predicted molar refractivity (Wildman–Crippen MR) is 50.5 cm³/mol. The van der Waals surface area contributed by atoms with Gasteiger partial charge in [0.1, 0.15) is 12.6 Å². The number of hydrogen-bond acceptors (Lipinski definition) is 4. The van der Waals surface area contributed by atoms with Crippen LogP contribution in [0.3, 0.4) is 0 Å². The molecule has 0 heterocycles. The van der Waals surface area contributed by atoms with E-state index in [0.29, 0.717) is 0 Å². The van der Waals surface area contributed by atoms with Crippen LogP contribution < -0.4 is 5.32 Å². The number of ether oxygens (including phenoxy) is 1. The lowest BCUT2D eigenvalue weighted by molar-refractivity contribution is -0.146. The van der Waals surface area contributed by atoms with E-state index >= 15 is 0 Å². The SMILES string of the molecule is CC[C@H](C)C(NC(=O)CO)C(=O)OC. The Morgan fingerprint density at radius 1 is 1.50 bits per heavy atom. The maximum absolute atomic E-state index is 11.2.